The van der Waals surface area contributed by atoms with Gasteiger partial charge in [-0.15, -0.1) is 10.2 Å². The van der Waals surface area contributed by atoms with Crippen LogP contribution in [0.5, 0.6) is 0 Å². The lowest BCUT2D eigenvalue weighted by Crippen LogP contribution is -2.23. The highest BCUT2D eigenvalue weighted by Crippen LogP contribution is 2.26. The van der Waals surface area contributed by atoms with Gasteiger partial charge in [0.15, 0.2) is 5.82 Å². The van der Waals surface area contributed by atoms with Crippen LogP contribution in [0.15, 0.2) is 53.7 Å². The maximum atomic E-state index is 12.3. The van der Waals surface area contributed by atoms with Crippen molar-refractivity contribution >= 4 is 46.6 Å². The number of carbonyl (C=O) groups excluding carboxylic acids is 1. The predicted molar refractivity (Wildman–Crippen MR) is 106 cm³/mol. The number of anilines is 1. The molecule has 9 heteroatoms. The van der Waals surface area contributed by atoms with Gasteiger partial charge < -0.3 is 11.2 Å². The first-order valence-corrected chi connectivity index (χ1v) is 9.27. The van der Waals surface area contributed by atoms with Crippen LogP contribution < -0.4 is 11.2 Å². The molecule has 2 aromatic carbocycles. The highest BCUT2D eigenvalue weighted by atomic mass is 35.5. The van der Waals surface area contributed by atoms with Crippen molar-refractivity contribution in [1.29, 1.82) is 0 Å². The molecule has 1 heterocycles. The Hall–Kier alpha value is -2.22. The molecule has 6 nitrogen and oxygen atoms in total. The molecular formula is C17H15Cl2N5OS. The highest BCUT2D eigenvalue weighted by Gasteiger charge is 2.20. The minimum atomic E-state index is -0.421. The number of hydrogen-bond acceptors (Lipinski definition) is 5. The number of halogens is 2. The first kappa shape index (κ1) is 18.6. The van der Waals surface area contributed by atoms with Gasteiger partial charge in [0.2, 0.25) is 11.1 Å². The van der Waals surface area contributed by atoms with Gasteiger partial charge in [-0.1, -0.05) is 35.0 Å². The van der Waals surface area contributed by atoms with Gasteiger partial charge in [-0.25, -0.2) is 4.68 Å². The van der Waals surface area contributed by atoms with E-state index < -0.39 is 5.25 Å². The quantitative estimate of drug-likeness (QED) is 0.491. The van der Waals surface area contributed by atoms with Crippen LogP contribution in [0.2, 0.25) is 10.0 Å². The second-order valence-corrected chi connectivity index (χ2v) is 7.62. The van der Waals surface area contributed by atoms with Gasteiger partial charge in [0, 0.05) is 21.3 Å². The van der Waals surface area contributed by atoms with E-state index in [2.05, 4.69) is 15.5 Å². The molecule has 3 N–H and O–H groups in total. The van der Waals surface area contributed by atoms with E-state index in [4.69, 9.17) is 29.0 Å². The van der Waals surface area contributed by atoms with E-state index in [1.54, 1.807) is 55.5 Å². The van der Waals surface area contributed by atoms with Crippen LogP contribution in [0.25, 0.3) is 11.4 Å². The molecule has 0 aliphatic carbocycles. The summed E-state index contributed by atoms with van der Waals surface area (Å²) in [7, 11) is 0. The topological polar surface area (TPSA) is 85.8 Å². The third-order valence-corrected chi connectivity index (χ3v) is 5.09. The predicted octanol–water partition coefficient (Wildman–Crippen LogP) is 4.09. The van der Waals surface area contributed by atoms with Crippen LogP contribution in [0.3, 0.4) is 0 Å². The summed E-state index contributed by atoms with van der Waals surface area (Å²) in [5, 5.41) is 12.2. The van der Waals surface area contributed by atoms with E-state index in [0.29, 0.717) is 26.7 Å². The molecular weight excluding hydrogens is 393 g/mol. The summed E-state index contributed by atoms with van der Waals surface area (Å²) in [6, 6.07) is 14.0. The zero-order chi connectivity index (χ0) is 18.7. The molecule has 1 amide bonds. The van der Waals surface area contributed by atoms with Gasteiger partial charge >= 0.3 is 0 Å². The second-order valence-electron chi connectivity index (χ2n) is 5.44. The van der Waals surface area contributed by atoms with Crippen molar-refractivity contribution in [3.63, 3.8) is 0 Å². The molecule has 0 radical (unpaired) electrons. The standard InChI is InChI=1S/C17H15Cl2N5OS/c1-10(16(25)21-14-8-6-13(19)7-9-14)26-17-23-22-15(24(17)20)11-2-4-12(18)5-3-11/h2-10H,20H2,1H3,(H,21,25)/t10-/m1/s1. The summed E-state index contributed by atoms with van der Waals surface area (Å²) < 4.78 is 1.36. The van der Waals surface area contributed by atoms with E-state index in [0.717, 1.165) is 5.56 Å². The van der Waals surface area contributed by atoms with Crippen LogP contribution in [0, 0.1) is 0 Å². The Labute approximate surface area is 164 Å². The Balaban J connectivity index is 1.69. The van der Waals surface area contributed by atoms with Gasteiger partial charge in [-0.2, -0.15) is 0 Å². The maximum absolute atomic E-state index is 12.3. The fraction of sp³-hybridized carbons (Fsp3) is 0.118. The Morgan fingerprint density at radius 1 is 1.08 bits per heavy atom. The largest absolute Gasteiger partial charge is 0.335 e. The van der Waals surface area contributed by atoms with Crippen LogP contribution in [0.4, 0.5) is 5.69 Å². The monoisotopic (exact) mass is 407 g/mol. The summed E-state index contributed by atoms with van der Waals surface area (Å²) in [6.07, 6.45) is 0. The molecule has 0 unspecified atom stereocenters. The molecule has 0 saturated carbocycles. The molecule has 0 bridgehead atoms. The number of nitrogens with one attached hydrogen (secondary N) is 1. The van der Waals surface area contributed by atoms with E-state index in [1.165, 1.54) is 16.4 Å². The average Bonchev–Trinajstić information content (AvgIpc) is 2.98. The number of amides is 1. The third-order valence-electron chi connectivity index (χ3n) is 3.53. The maximum Gasteiger partial charge on any atom is 0.237 e. The molecule has 3 aromatic rings. The summed E-state index contributed by atoms with van der Waals surface area (Å²) in [5.74, 6) is 6.40. The van der Waals surface area contributed by atoms with E-state index in [9.17, 15) is 4.79 Å². The number of aromatic nitrogens is 3. The zero-order valence-electron chi connectivity index (χ0n) is 13.7. The molecule has 134 valence electrons. The number of nitrogens with zero attached hydrogens (tertiary/aromatic N) is 3. The summed E-state index contributed by atoms with van der Waals surface area (Å²) in [5.41, 5.74) is 1.46. The number of nitrogens with two attached hydrogens (primary N) is 1. The minimum absolute atomic E-state index is 0.173. The van der Waals surface area contributed by atoms with E-state index >= 15 is 0 Å². The zero-order valence-corrected chi connectivity index (χ0v) is 16.0. The number of benzene rings is 2. The molecule has 0 aliphatic heterocycles. The fourth-order valence-electron chi connectivity index (χ4n) is 2.14. The molecule has 26 heavy (non-hydrogen) atoms. The number of nitrogen functional groups attached to an aromatic ring is 1. The molecule has 0 saturated heterocycles. The summed E-state index contributed by atoms with van der Waals surface area (Å²) >= 11 is 13.0. The third kappa shape index (κ3) is 4.30. The number of rotatable bonds is 5. The van der Waals surface area contributed by atoms with Crippen LogP contribution in [0.1, 0.15) is 6.92 Å². The first-order valence-electron chi connectivity index (χ1n) is 7.63. The average molecular weight is 408 g/mol. The lowest BCUT2D eigenvalue weighted by molar-refractivity contribution is -0.115. The molecule has 1 aromatic heterocycles. The van der Waals surface area contributed by atoms with Crippen molar-refractivity contribution in [2.75, 3.05) is 11.2 Å². The van der Waals surface area contributed by atoms with Crippen molar-refractivity contribution in [2.24, 2.45) is 0 Å². The van der Waals surface area contributed by atoms with Gasteiger partial charge in [0.1, 0.15) is 0 Å². The lowest BCUT2D eigenvalue weighted by Gasteiger charge is -2.11. The summed E-state index contributed by atoms with van der Waals surface area (Å²) in [4.78, 5) is 12.3. The number of thioether (sulfide) groups is 1. The number of carbonyl (C=O) groups is 1. The number of hydrogen-bond donors (Lipinski definition) is 2. The van der Waals surface area contributed by atoms with E-state index in [-0.39, 0.29) is 5.91 Å². The molecule has 0 aliphatic rings. The Bertz CT molecular complexity index is 912. The molecule has 1 atom stereocenters. The van der Waals surface area contributed by atoms with Crippen LogP contribution in [-0.2, 0) is 4.79 Å². The van der Waals surface area contributed by atoms with Gasteiger partial charge in [0.25, 0.3) is 0 Å². The SMILES string of the molecule is C[C@@H](Sc1nnc(-c2ccc(Cl)cc2)n1N)C(=O)Nc1ccc(Cl)cc1. The highest BCUT2D eigenvalue weighted by molar-refractivity contribution is 8.00. The van der Waals surface area contributed by atoms with Crippen molar-refractivity contribution in [2.45, 2.75) is 17.3 Å². The van der Waals surface area contributed by atoms with Gasteiger partial charge in [-0.05, 0) is 55.5 Å². The van der Waals surface area contributed by atoms with E-state index in [1.807, 2.05) is 0 Å². The first-order chi connectivity index (χ1) is 12.4. The Kier molecular flexibility index (Phi) is 5.70. The lowest BCUT2D eigenvalue weighted by atomic mass is 10.2. The van der Waals surface area contributed by atoms with Crippen molar-refractivity contribution in [1.82, 2.24) is 14.9 Å². The normalized spacial score (nSPS) is 12.0. The molecule has 3 rings (SSSR count). The Morgan fingerprint density at radius 3 is 2.27 bits per heavy atom. The van der Waals surface area contributed by atoms with Crippen molar-refractivity contribution < 1.29 is 4.79 Å². The van der Waals surface area contributed by atoms with Crippen molar-refractivity contribution in [3.8, 4) is 11.4 Å². The smallest absolute Gasteiger partial charge is 0.237 e. The second kappa shape index (κ2) is 7.99. The molecule has 0 fully saturated rings. The fourth-order valence-corrected chi connectivity index (χ4v) is 3.16. The van der Waals surface area contributed by atoms with Crippen LogP contribution >= 0.6 is 35.0 Å². The van der Waals surface area contributed by atoms with Crippen molar-refractivity contribution in [3.05, 3.63) is 58.6 Å². The molecule has 0 spiro atoms. The van der Waals surface area contributed by atoms with Crippen LogP contribution in [-0.4, -0.2) is 26.0 Å². The minimum Gasteiger partial charge on any atom is -0.335 e. The van der Waals surface area contributed by atoms with Gasteiger partial charge in [0.05, 0.1) is 5.25 Å². The Morgan fingerprint density at radius 2 is 1.65 bits per heavy atom. The van der Waals surface area contributed by atoms with Gasteiger partial charge in [-0.3, -0.25) is 4.79 Å². The summed E-state index contributed by atoms with van der Waals surface area (Å²) in [6.45, 7) is 1.77.